The van der Waals surface area contributed by atoms with Crippen LogP contribution in [0.25, 0.3) is 11.1 Å². The molecule has 7 aromatic carbocycles. The number of phenolic OH excluding ortho intramolecular Hbond substituents is 4. The highest BCUT2D eigenvalue weighted by Crippen LogP contribution is 2.43. The number of Topliss-reactive ketones (excluding diaryl/α,β-unsaturated/α-hetero) is 3. The first-order valence-corrected chi connectivity index (χ1v) is 21.9. The molecule has 0 radical (unpaired) electrons. The van der Waals surface area contributed by atoms with Crippen molar-refractivity contribution < 1.29 is 58.5 Å². The smallest absolute Gasteiger partial charge is 0.204 e. The van der Waals surface area contributed by atoms with Gasteiger partial charge in [0.05, 0.1) is 16.7 Å². The predicted octanol–water partition coefficient (Wildman–Crippen LogP) is 12.3. The zero-order chi connectivity index (χ0) is 48.7. The minimum Gasteiger partial charge on any atom is -0.508 e. The Morgan fingerprint density at radius 2 is 0.897 bits per heavy atom. The summed E-state index contributed by atoms with van der Waals surface area (Å²) in [5.41, 5.74) is 3.92. The van der Waals surface area contributed by atoms with Crippen LogP contribution in [0.3, 0.4) is 0 Å². The Kier molecular flexibility index (Phi) is 14.4. The highest BCUT2D eigenvalue weighted by atomic mass is 16.5. The van der Waals surface area contributed by atoms with Crippen LogP contribution in [0.4, 0.5) is 0 Å². The van der Waals surface area contributed by atoms with Gasteiger partial charge in [0.2, 0.25) is 17.3 Å². The molecule has 0 aromatic heterocycles. The van der Waals surface area contributed by atoms with Crippen LogP contribution in [0.2, 0.25) is 0 Å². The van der Waals surface area contributed by atoms with Gasteiger partial charge in [-0.2, -0.15) is 0 Å². The molecule has 0 heterocycles. The Hall–Kier alpha value is -8.25. The van der Waals surface area contributed by atoms with Crippen molar-refractivity contribution in [3.05, 3.63) is 173 Å². The molecule has 12 nitrogen and oxygen atoms in total. The van der Waals surface area contributed by atoms with E-state index in [4.69, 9.17) is 23.7 Å². The summed E-state index contributed by atoms with van der Waals surface area (Å²) in [5, 5.41) is 43.8. The number of phenols is 4. The zero-order valence-electron chi connectivity index (χ0n) is 38.5. The molecule has 0 bridgehead atoms. The third-order valence-electron chi connectivity index (χ3n) is 11.1. The van der Waals surface area contributed by atoms with Crippen LogP contribution in [0.5, 0.6) is 63.2 Å². The normalized spacial score (nSPS) is 11.2. The van der Waals surface area contributed by atoms with Crippen molar-refractivity contribution in [3.8, 4) is 74.4 Å². The summed E-state index contributed by atoms with van der Waals surface area (Å²) in [4.78, 5) is 41.3. The predicted molar refractivity (Wildman–Crippen MR) is 258 cm³/mol. The van der Waals surface area contributed by atoms with Gasteiger partial charge in [-0.25, -0.2) is 0 Å². The van der Waals surface area contributed by atoms with Gasteiger partial charge in [-0.05, 0) is 101 Å². The van der Waals surface area contributed by atoms with E-state index < -0.39 is 54.4 Å². The van der Waals surface area contributed by atoms with E-state index in [9.17, 15) is 34.8 Å². The van der Waals surface area contributed by atoms with Gasteiger partial charge in [0.15, 0.2) is 42.8 Å². The molecule has 0 fully saturated rings. The second-order valence-corrected chi connectivity index (χ2v) is 17.5. The monoisotopic (exact) mass is 916 g/mol. The Balaban J connectivity index is 1.16. The third kappa shape index (κ3) is 11.6. The number of carbonyl (C=O) groups excluding carboxylic acids is 3. The van der Waals surface area contributed by atoms with Gasteiger partial charge >= 0.3 is 0 Å². The summed E-state index contributed by atoms with van der Waals surface area (Å²) in [6.45, 7) is 10.5. The van der Waals surface area contributed by atoms with E-state index in [0.29, 0.717) is 28.7 Å². The standard InChI is InChI=1S/C56H52O12/c1-33(2)35-12-18-39(19-13-35)64-30-49(61)42-25-54(47(59)27-46(42)58)68-53-29-48(60)55(26-44(53)51(63)32-66-41-22-16-38(17-23-41)56(4,5)6)67-52-28-45(57)34(3)24-43(52)50(62)31-65-40-20-14-37(15-21-40)36-10-8-7-9-11-36/h7-29,33,57-60H,30-32H2,1-6H3. The first-order valence-electron chi connectivity index (χ1n) is 21.9. The van der Waals surface area contributed by atoms with Crippen molar-refractivity contribution in [2.75, 3.05) is 19.8 Å². The van der Waals surface area contributed by atoms with Crippen LogP contribution in [0, 0.1) is 6.92 Å². The SMILES string of the molecule is Cc1cc(C(=O)COc2ccc(-c3ccccc3)cc2)c(Oc2cc(C(=O)COc3ccc(C(C)(C)C)cc3)c(Oc3cc(C(=O)COc4ccc(C(C)C)cc4)c(O)cc3O)cc2O)cc1O. The molecule has 68 heavy (non-hydrogen) atoms. The minimum absolute atomic E-state index is 0.0126. The summed E-state index contributed by atoms with van der Waals surface area (Å²) in [6, 6.07) is 38.4. The number of hydrogen-bond acceptors (Lipinski definition) is 12. The van der Waals surface area contributed by atoms with Gasteiger partial charge in [-0.3, -0.25) is 14.4 Å². The lowest BCUT2D eigenvalue weighted by Crippen LogP contribution is -2.14. The molecule has 0 saturated carbocycles. The van der Waals surface area contributed by atoms with Crippen molar-refractivity contribution >= 4 is 17.3 Å². The average Bonchev–Trinajstić information content (AvgIpc) is 3.32. The first kappa shape index (κ1) is 47.7. The number of rotatable bonds is 18. The molecule has 348 valence electrons. The molecule has 0 aliphatic carbocycles. The van der Waals surface area contributed by atoms with E-state index in [-0.39, 0.29) is 50.9 Å². The minimum atomic E-state index is -0.661. The molecule has 0 unspecified atom stereocenters. The number of aryl methyl sites for hydroxylation is 1. The van der Waals surface area contributed by atoms with E-state index in [2.05, 4.69) is 34.6 Å². The third-order valence-corrected chi connectivity index (χ3v) is 11.1. The zero-order valence-corrected chi connectivity index (χ0v) is 38.5. The molecule has 7 rings (SSSR count). The number of carbonyl (C=O) groups is 3. The maximum Gasteiger partial charge on any atom is 0.204 e. The molecule has 0 aliphatic heterocycles. The maximum atomic E-state index is 14.1. The van der Waals surface area contributed by atoms with Crippen molar-refractivity contribution in [1.29, 1.82) is 0 Å². The van der Waals surface area contributed by atoms with Gasteiger partial charge in [-0.15, -0.1) is 0 Å². The van der Waals surface area contributed by atoms with E-state index >= 15 is 0 Å². The van der Waals surface area contributed by atoms with E-state index in [1.54, 1.807) is 43.3 Å². The van der Waals surface area contributed by atoms with Crippen LogP contribution >= 0.6 is 0 Å². The molecular formula is C56H52O12. The van der Waals surface area contributed by atoms with E-state index in [1.807, 2.05) is 66.7 Å². The van der Waals surface area contributed by atoms with Gasteiger partial charge < -0.3 is 44.1 Å². The van der Waals surface area contributed by atoms with E-state index in [1.165, 1.54) is 12.1 Å². The Morgan fingerprint density at radius 3 is 1.41 bits per heavy atom. The number of hydrogen-bond donors (Lipinski definition) is 4. The Morgan fingerprint density at radius 1 is 0.471 bits per heavy atom. The second kappa shape index (κ2) is 20.5. The van der Waals surface area contributed by atoms with Crippen molar-refractivity contribution in [1.82, 2.24) is 0 Å². The molecule has 0 spiro atoms. The second-order valence-electron chi connectivity index (χ2n) is 17.5. The van der Waals surface area contributed by atoms with Crippen LogP contribution in [0.1, 0.15) is 88.3 Å². The fourth-order valence-corrected chi connectivity index (χ4v) is 7.07. The van der Waals surface area contributed by atoms with Crippen LogP contribution in [-0.2, 0) is 5.41 Å². The van der Waals surface area contributed by atoms with Crippen LogP contribution in [0.15, 0.2) is 140 Å². The molecule has 0 atom stereocenters. The molecular weight excluding hydrogens is 865 g/mol. The molecule has 4 N–H and O–H groups in total. The molecule has 0 amide bonds. The summed E-state index contributed by atoms with van der Waals surface area (Å²) >= 11 is 0. The van der Waals surface area contributed by atoms with Gasteiger partial charge in [0.1, 0.15) is 40.2 Å². The largest absolute Gasteiger partial charge is 0.508 e. The maximum absolute atomic E-state index is 14.1. The molecule has 0 aliphatic rings. The fraction of sp³-hybridized carbons (Fsp3) is 0.196. The van der Waals surface area contributed by atoms with Gasteiger partial charge in [0.25, 0.3) is 0 Å². The topological polar surface area (TPSA) is 178 Å². The first-order chi connectivity index (χ1) is 32.4. The van der Waals surface area contributed by atoms with E-state index in [0.717, 1.165) is 46.5 Å². The van der Waals surface area contributed by atoms with Crippen molar-refractivity contribution in [2.45, 2.75) is 52.9 Å². The molecule has 12 heteroatoms. The lowest BCUT2D eigenvalue weighted by Gasteiger charge is -2.19. The number of ether oxygens (including phenoxy) is 5. The van der Waals surface area contributed by atoms with Crippen molar-refractivity contribution in [2.24, 2.45) is 0 Å². The average molecular weight is 917 g/mol. The lowest BCUT2D eigenvalue weighted by molar-refractivity contribution is 0.0910. The van der Waals surface area contributed by atoms with Crippen LogP contribution in [-0.4, -0.2) is 57.6 Å². The quantitative estimate of drug-likeness (QED) is 0.0600. The molecule has 0 saturated heterocycles. The number of aromatic hydroxyl groups is 4. The number of ketones is 3. The number of benzene rings is 7. The van der Waals surface area contributed by atoms with Crippen molar-refractivity contribution in [3.63, 3.8) is 0 Å². The summed E-state index contributed by atoms with van der Waals surface area (Å²) in [7, 11) is 0. The summed E-state index contributed by atoms with van der Waals surface area (Å²) in [6.07, 6.45) is 0. The fourth-order valence-electron chi connectivity index (χ4n) is 7.07. The Bertz CT molecular complexity index is 2930. The highest BCUT2D eigenvalue weighted by molar-refractivity contribution is 6.02. The lowest BCUT2D eigenvalue weighted by atomic mass is 9.87. The molecule has 7 aromatic rings. The summed E-state index contributed by atoms with van der Waals surface area (Å²) < 4.78 is 29.6. The van der Waals surface area contributed by atoms with Gasteiger partial charge in [0, 0.05) is 18.2 Å². The Labute approximate surface area is 394 Å². The summed E-state index contributed by atoms with van der Waals surface area (Å²) in [5.74, 6) is -3.29. The van der Waals surface area contributed by atoms with Gasteiger partial charge in [-0.1, -0.05) is 101 Å². The highest BCUT2D eigenvalue weighted by Gasteiger charge is 2.25. The van der Waals surface area contributed by atoms with Crippen LogP contribution < -0.4 is 23.7 Å².